The molecular formula is C43H29Cl3N10O16S6. The third-order valence-electron chi connectivity index (χ3n) is 10.5. The molecule has 1 amide bonds. The lowest BCUT2D eigenvalue weighted by Gasteiger charge is -2.16. The van der Waals surface area contributed by atoms with Crippen molar-refractivity contribution in [1.82, 2.24) is 4.98 Å². The average molecular weight is 1240 g/mol. The van der Waals surface area contributed by atoms with E-state index in [4.69, 9.17) is 34.8 Å². The number of halogens is 3. The molecule has 8 N–H and O–H groups in total. The first kappa shape index (κ1) is 58.6. The Bertz CT molecular complexity index is 4440. The van der Waals surface area contributed by atoms with E-state index in [1.807, 2.05) is 12.1 Å². The summed E-state index contributed by atoms with van der Waals surface area (Å²) >= 11 is 18.4. The fourth-order valence-electron chi connectivity index (χ4n) is 7.10. The highest BCUT2D eigenvalue weighted by atomic mass is 35.5. The number of pyridine rings is 1. The van der Waals surface area contributed by atoms with Crippen molar-refractivity contribution >= 4 is 163 Å². The molecule has 0 aliphatic heterocycles. The number of thiophene rings is 1. The van der Waals surface area contributed by atoms with E-state index in [2.05, 4.69) is 41.4 Å². The molecule has 7 aromatic rings. The van der Waals surface area contributed by atoms with Gasteiger partial charge in [-0.2, -0.15) is 52.6 Å². The molecule has 2 heterocycles. The molecule has 5 aromatic carbocycles. The lowest BCUT2D eigenvalue weighted by Crippen LogP contribution is -2.11. The Kier molecular flexibility index (Phi) is 16.8. The number of aromatic nitrogens is 1. The van der Waals surface area contributed by atoms with Crippen molar-refractivity contribution in [3.8, 4) is 23.3 Å². The minimum atomic E-state index is -5.43. The maximum Gasteiger partial charge on any atom is 0.296 e. The van der Waals surface area contributed by atoms with E-state index in [1.54, 1.807) is 0 Å². The minimum Gasteiger partial charge on any atom is -0.339 e. The van der Waals surface area contributed by atoms with Crippen LogP contribution in [-0.4, -0.2) is 81.6 Å². The first-order valence-corrected chi connectivity index (χ1v) is 30.1. The summed E-state index contributed by atoms with van der Waals surface area (Å²) in [4.78, 5) is 11.7. The van der Waals surface area contributed by atoms with Crippen molar-refractivity contribution in [2.24, 2.45) is 20.5 Å². The number of nitrogens with one attached hydrogen (secondary N) is 3. The Morgan fingerprint density at radius 2 is 1.10 bits per heavy atom. The Labute approximate surface area is 460 Å². The van der Waals surface area contributed by atoms with Gasteiger partial charge in [0.25, 0.3) is 50.6 Å². The van der Waals surface area contributed by atoms with Crippen LogP contribution < -0.4 is 16.0 Å². The maximum atomic E-state index is 12.7. The molecule has 0 fully saturated rings. The lowest BCUT2D eigenvalue weighted by molar-refractivity contribution is -0.115. The number of benzene rings is 5. The van der Waals surface area contributed by atoms with Crippen LogP contribution in [0.1, 0.15) is 23.1 Å². The quantitative estimate of drug-likeness (QED) is 0.0238. The molecule has 0 unspecified atom stereocenters. The van der Waals surface area contributed by atoms with Gasteiger partial charge >= 0.3 is 0 Å². The highest BCUT2D eigenvalue weighted by Crippen LogP contribution is 2.49. The van der Waals surface area contributed by atoms with Crippen LogP contribution in [0.25, 0.3) is 21.9 Å². The standard InChI is InChI=1S/C43H29Cl3N10O16S6/c1-20-29(18-47)40(50-23-6-8-31(45)35(13-23)77(67,68)69)52-41(51-24-7-9-32(46)36(14-24)78(70,71)72)39(20)54-55-42-30(19-48)38(21-2-4-22(5-3-21)49-37(57)10-11-44)43(73-42)56-53-25-12-27-28(33(15-25)75(61,62)63)16-26(74(58,59)60)17-34(27)76(64,65)66/h2-9,12-17H,10-11H2,1H3,(H,49,57)(H2,50,51,52)(H,58,59,60)(H,61,62,63)(H,64,65,66)(H,67,68,69)(H,70,71,72). The first-order chi connectivity index (χ1) is 36.3. The summed E-state index contributed by atoms with van der Waals surface area (Å²) in [5.41, 5.74) is -1.20. The molecule has 2 aromatic heterocycles. The fourth-order valence-corrected chi connectivity index (χ4v) is 12.2. The number of alkyl halides is 1. The summed E-state index contributed by atoms with van der Waals surface area (Å²) in [6, 6.07) is 18.6. The van der Waals surface area contributed by atoms with Gasteiger partial charge in [0, 0.05) is 51.3 Å². The van der Waals surface area contributed by atoms with E-state index < -0.39 is 97.4 Å². The molecule has 35 heteroatoms. The Morgan fingerprint density at radius 1 is 0.603 bits per heavy atom. The third-order valence-corrected chi connectivity index (χ3v) is 17.0. The van der Waals surface area contributed by atoms with E-state index >= 15 is 0 Å². The van der Waals surface area contributed by atoms with Crippen molar-refractivity contribution in [2.45, 2.75) is 37.8 Å². The van der Waals surface area contributed by atoms with E-state index in [1.165, 1.54) is 43.3 Å². The van der Waals surface area contributed by atoms with Gasteiger partial charge in [0.05, 0.1) is 26.2 Å². The molecule has 0 spiro atoms. The summed E-state index contributed by atoms with van der Waals surface area (Å²) in [6.45, 7) is 1.36. The van der Waals surface area contributed by atoms with Crippen molar-refractivity contribution in [1.29, 1.82) is 10.5 Å². The van der Waals surface area contributed by atoms with Crippen LogP contribution >= 0.6 is 46.1 Å². The van der Waals surface area contributed by atoms with Gasteiger partial charge in [0.15, 0.2) is 16.6 Å². The number of anilines is 5. The predicted molar refractivity (Wildman–Crippen MR) is 283 cm³/mol. The number of carbonyl (C=O) groups excluding carboxylic acids is 1. The number of rotatable bonds is 17. The number of azo groups is 2. The first-order valence-electron chi connectivity index (χ1n) is 20.8. The fraction of sp³-hybridized carbons (Fsp3) is 0.0698. The third kappa shape index (κ3) is 13.1. The average Bonchev–Trinajstić information content (AvgIpc) is 3.79. The molecule has 26 nitrogen and oxygen atoms in total. The molecule has 7 rings (SSSR count). The summed E-state index contributed by atoms with van der Waals surface area (Å²) in [5.74, 6) is -1.06. The molecule has 0 radical (unpaired) electrons. The highest BCUT2D eigenvalue weighted by Gasteiger charge is 2.28. The summed E-state index contributed by atoms with van der Waals surface area (Å²) in [6.07, 6.45) is -0.0420. The smallest absolute Gasteiger partial charge is 0.296 e. The Morgan fingerprint density at radius 3 is 1.62 bits per heavy atom. The molecule has 0 bridgehead atoms. The van der Waals surface area contributed by atoms with Gasteiger partial charge < -0.3 is 16.0 Å². The predicted octanol–water partition coefficient (Wildman–Crippen LogP) is 10.4. The van der Waals surface area contributed by atoms with E-state index in [9.17, 15) is 80.2 Å². The van der Waals surface area contributed by atoms with Gasteiger partial charge in [-0.15, -0.1) is 32.1 Å². The summed E-state index contributed by atoms with van der Waals surface area (Å²) < 4.78 is 173. The molecule has 0 aliphatic carbocycles. The van der Waals surface area contributed by atoms with Gasteiger partial charge in [-0.25, -0.2) is 4.98 Å². The Hall–Kier alpha value is -7.12. The number of carbonyl (C=O) groups is 1. The van der Waals surface area contributed by atoms with Crippen LogP contribution in [0.15, 0.2) is 130 Å². The topological polar surface area (TPSA) is 435 Å². The van der Waals surface area contributed by atoms with E-state index in [-0.39, 0.29) is 94.6 Å². The Balaban J connectivity index is 1.45. The van der Waals surface area contributed by atoms with Crippen molar-refractivity contribution < 1.29 is 69.6 Å². The number of nitriles is 2. The van der Waals surface area contributed by atoms with Crippen LogP contribution in [0, 0.1) is 29.6 Å². The monoisotopic (exact) mass is 1240 g/mol. The molecule has 78 heavy (non-hydrogen) atoms. The summed E-state index contributed by atoms with van der Waals surface area (Å²) in [7, 11) is -25.9. The van der Waals surface area contributed by atoms with Crippen LogP contribution in [0.2, 0.25) is 10.0 Å². The molecule has 0 saturated heterocycles. The molecule has 0 atom stereocenters. The van der Waals surface area contributed by atoms with E-state index in [0.717, 1.165) is 30.3 Å². The normalized spacial score (nSPS) is 12.4. The SMILES string of the molecule is Cc1c(C#N)c(Nc2ccc(Cl)c(S(=O)(=O)O)c2)nc(Nc2ccc(Cl)c(S(=O)(=O)O)c2)c1N=Nc1sc(N=Nc2cc(S(=O)(=O)O)c3cc(S(=O)(=O)O)cc(S(=O)(=O)O)c3c2)c(-c2ccc(NC(=O)CCCl)cc2)c1C#N. The lowest BCUT2D eigenvalue weighted by atomic mass is 10.0. The number of fused-ring (bicyclic) bond motifs is 1. The van der Waals surface area contributed by atoms with Crippen LogP contribution in [0.3, 0.4) is 0 Å². The molecule has 0 saturated carbocycles. The second kappa shape index (κ2) is 22.3. The summed E-state index contributed by atoms with van der Waals surface area (Å²) in [5, 5.41) is 43.5. The minimum absolute atomic E-state index is 0.00760. The highest BCUT2D eigenvalue weighted by molar-refractivity contribution is 7.87. The molecule has 0 aliphatic rings. The van der Waals surface area contributed by atoms with Gasteiger partial charge in [0.2, 0.25) is 5.91 Å². The van der Waals surface area contributed by atoms with Crippen LogP contribution in [0.4, 0.5) is 50.1 Å². The van der Waals surface area contributed by atoms with Crippen LogP contribution in [0.5, 0.6) is 0 Å². The zero-order chi connectivity index (χ0) is 57.4. The van der Waals surface area contributed by atoms with Gasteiger partial charge in [0.1, 0.15) is 48.0 Å². The van der Waals surface area contributed by atoms with Crippen molar-refractivity contribution in [3.05, 3.63) is 112 Å². The number of amides is 1. The molecule has 404 valence electrons. The van der Waals surface area contributed by atoms with Crippen molar-refractivity contribution in [3.63, 3.8) is 0 Å². The number of nitrogens with zero attached hydrogens (tertiary/aromatic N) is 7. The van der Waals surface area contributed by atoms with Gasteiger partial charge in [-0.05, 0) is 85.3 Å². The number of hydrogen-bond acceptors (Lipinski definition) is 21. The number of hydrogen-bond donors (Lipinski definition) is 8. The zero-order valence-electron chi connectivity index (χ0n) is 38.4. The second-order valence-electron chi connectivity index (χ2n) is 15.7. The zero-order valence-corrected chi connectivity index (χ0v) is 45.6. The van der Waals surface area contributed by atoms with Crippen LogP contribution in [-0.2, 0) is 55.4 Å². The van der Waals surface area contributed by atoms with Crippen molar-refractivity contribution in [2.75, 3.05) is 21.8 Å². The van der Waals surface area contributed by atoms with Gasteiger partial charge in [-0.1, -0.05) is 46.7 Å². The largest absolute Gasteiger partial charge is 0.339 e. The maximum absolute atomic E-state index is 12.7. The van der Waals surface area contributed by atoms with Gasteiger partial charge in [-0.3, -0.25) is 27.6 Å². The van der Waals surface area contributed by atoms with E-state index in [0.29, 0.717) is 29.5 Å². The second-order valence-corrected chi connectivity index (χ2v) is 24.8. The molecular weight excluding hydrogens is 1210 g/mol.